The summed E-state index contributed by atoms with van der Waals surface area (Å²) in [6.45, 7) is 0.0864. The van der Waals surface area contributed by atoms with E-state index in [0.717, 1.165) is 23.0 Å². The SMILES string of the molecule is COc1ccc(S(=O)(=O)c2ccc(CNC(=O)c3cc4cnccc4[nH]3)cc2)c(C(F)(F)F)c1. The molecular weight excluding hydrogens is 471 g/mol. The van der Waals surface area contributed by atoms with E-state index in [9.17, 15) is 26.4 Å². The summed E-state index contributed by atoms with van der Waals surface area (Å²) in [7, 11) is -3.27. The highest BCUT2D eigenvalue weighted by Gasteiger charge is 2.38. The van der Waals surface area contributed by atoms with Gasteiger partial charge in [-0.2, -0.15) is 13.2 Å². The van der Waals surface area contributed by atoms with Gasteiger partial charge in [-0.3, -0.25) is 9.78 Å². The summed E-state index contributed by atoms with van der Waals surface area (Å²) in [6.07, 6.45) is -1.67. The lowest BCUT2D eigenvalue weighted by Gasteiger charge is -2.15. The highest BCUT2D eigenvalue weighted by molar-refractivity contribution is 7.91. The molecule has 0 atom stereocenters. The molecule has 4 rings (SSSR count). The predicted molar refractivity (Wildman–Crippen MR) is 117 cm³/mol. The molecule has 7 nitrogen and oxygen atoms in total. The number of aromatic amines is 1. The van der Waals surface area contributed by atoms with Crippen LogP contribution in [0, 0.1) is 0 Å². The van der Waals surface area contributed by atoms with E-state index in [2.05, 4.69) is 15.3 Å². The first-order valence-corrected chi connectivity index (χ1v) is 11.4. The third kappa shape index (κ3) is 4.60. The van der Waals surface area contributed by atoms with Crippen LogP contribution in [-0.4, -0.2) is 31.4 Å². The monoisotopic (exact) mass is 489 g/mol. The van der Waals surface area contributed by atoms with E-state index in [-0.39, 0.29) is 23.1 Å². The Bertz CT molecular complexity index is 1430. The average molecular weight is 489 g/mol. The molecule has 0 bridgehead atoms. The summed E-state index contributed by atoms with van der Waals surface area (Å²) in [4.78, 5) is 18.2. The smallest absolute Gasteiger partial charge is 0.417 e. The van der Waals surface area contributed by atoms with Gasteiger partial charge in [0.05, 0.1) is 22.5 Å². The molecule has 0 aliphatic heterocycles. The van der Waals surface area contributed by atoms with Crippen LogP contribution in [0.2, 0.25) is 0 Å². The van der Waals surface area contributed by atoms with Crippen LogP contribution in [0.15, 0.2) is 76.8 Å². The predicted octanol–water partition coefficient (Wildman–Crippen LogP) is 4.35. The fourth-order valence-corrected chi connectivity index (χ4v) is 4.84. The van der Waals surface area contributed by atoms with Crippen molar-refractivity contribution in [3.8, 4) is 5.75 Å². The number of alkyl halides is 3. The second kappa shape index (κ2) is 8.82. The molecule has 0 unspecified atom stereocenters. The van der Waals surface area contributed by atoms with Crippen LogP contribution in [0.5, 0.6) is 5.75 Å². The minimum atomic E-state index is -4.89. The van der Waals surface area contributed by atoms with Crippen molar-refractivity contribution < 1.29 is 31.1 Å². The number of benzene rings is 2. The zero-order valence-corrected chi connectivity index (χ0v) is 18.5. The number of sulfone groups is 1. The number of H-pyrrole nitrogens is 1. The van der Waals surface area contributed by atoms with E-state index in [1.54, 1.807) is 24.5 Å². The molecule has 0 aliphatic rings. The van der Waals surface area contributed by atoms with Gasteiger partial charge in [-0.25, -0.2) is 8.42 Å². The van der Waals surface area contributed by atoms with Gasteiger partial charge in [0.2, 0.25) is 9.84 Å². The highest BCUT2D eigenvalue weighted by atomic mass is 32.2. The van der Waals surface area contributed by atoms with Crippen molar-refractivity contribution in [2.24, 2.45) is 0 Å². The van der Waals surface area contributed by atoms with Crippen LogP contribution in [0.25, 0.3) is 10.9 Å². The molecule has 2 aromatic carbocycles. The molecule has 1 amide bonds. The van der Waals surface area contributed by atoms with Gasteiger partial charge in [0.15, 0.2) is 0 Å². The van der Waals surface area contributed by atoms with Gasteiger partial charge in [0, 0.05) is 29.8 Å². The summed E-state index contributed by atoms with van der Waals surface area (Å²) in [5, 5.41) is 3.48. The lowest BCUT2D eigenvalue weighted by molar-refractivity contribution is -0.140. The van der Waals surface area contributed by atoms with E-state index >= 15 is 0 Å². The summed E-state index contributed by atoms with van der Waals surface area (Å²) in [5.41, 5.74) is 0.348. The molecule has 0 spiro atoms. The van der Waals surface area contributed by atoms with Gasteiger partial charge in [0.1, 0.15) is 11.4 Å². The lowest BCUT2D eigenvalue weighted by Crippen LogP contribution is -2.23. The van der Waals surface area contributed by atoms with E-state index < -0.39 is 26.5 Å². The van der Waals surface area contributed by atoms with Gasteiger partial charge in [0.25, 0.3) is 5.91 Å². The number of carbonyl (C=O) groups excluding carboxylic acids is 1. The highest BCUT2D eigenvalue weighted by Crippen LogP contribution is 2.38. The fourth-order valence-electron chi connectivity index (χ4n) is 3.38. The average Bonchev–Trinajstić information content (AvgIpc) is 3.26. The standard InChI is InChI=1S/C23H18F3N3O4S/c1-33-16-4-7-21(18(11-16)23(24,25)26)34(31,32)17-5-2-14(3-6-17)12-28-22(30)20-10-15-13-27-9-8-19(15)29-20/h2-11,13,29H,12H2,1H3,(H,28,30). The van der Waals surface area contributed by atoms with Gasteiger partial charge in [-0.1, -0.05) is 12.1 Å². The Morgan fingerprint density at radius 1 is 1.09 bits per heavy atom. The Hall–Kier alpha value is -3.86. The molecule has 2 N–H and O–H groups in total. The molecule has 11 heteroatoms. The number of amides is 1. The zero-order chi connectivity index (χ0) is 24.5. The van der Waals surface area contributed by atoms with Crippen molar-refractivity contribution >= 4 is 26.6 Å². The molecule has 2 heterocycles. The summed E-state index contributed by atoms with van der Waals surface area (Å²) in [6, 6.07) is 11.3. The van der Waals surface area contributed by atoms with Gasteiger partial charge >= 0.3 is 6.18 Å². The Labute approximate surface area is 192 Å². The van der Waals surface area contributed by atoms with E-state index in [4.69, 9.17) is 4.74 Å². The maximum Gasteiger partial charge on any atom is 0.417 e. The van der Waals surface area contributed by atoms with Gasteiger partial charge in [-0.15, -0.1) is 0 Å². The van der Waals surface area contributed by atoms with Crippen LogP contribution < -0.4 is 10.1 Å². The number of hydrogen-bond donors (Lipinski definition) is 2. The van der Waals surface area contributed by atoms with Crippen molar-refractivity contribution in [1.82, 2.24) is 15.3 Å². The topological polar surface area (TPSA) is 101 Å². The normalized spacial score (nSPS) is 12.0. The first-order valence-electron chi connectivity index (χ1n) is 9.90. The Morgan fingerprint density at radius 2 is 1.82 bits per heavy atom. The largest absolute Gasteiger partial charge is 0.497 e. The lowest BCUT2D eigenvalue weighted by atomic mass is 10.2. The number of nitrogens with one attached hydrogen (secondary N) is 2. The van der Waals surface area contributed by atoms with E-state index in [0.29, 0.717) is 17.3 Å². The molecule has 0 saturated heterocycles. The molecule has 0 radical (unpaired) electrons. The third-order valence-corrected chi connectivity index (χ3v) is 6.96. The van der Waals surface area contributed by atoms with Crippen LogP contribution in [-0.2, 0) is 22.6 Å². The maximum absolute atomic E-state index is 13.5. The zero-order valence-electron chi connectivity index (χ0n) is 17.7. The molecular formula is C23H18F3N3O4S. The minimum Gasteiger partial charge on any atom is -0.497 e. The molecule has 4 aromatic rings. The number of methoxy groups -OCH3 is 1. The summed E-state index contributed by atoms with van der Waals surface area (Å²) >= 11 is 0. The number of fused-ring (bicyclic) bond motifs is 1. The first-order chi connectivity index (χ1) is 16.1. The number of nitrogens with zero attached hydrogens (tertiary/aromatic N) is 1. The van der Waals surface area contributed by atoms with Crippen molar-refractivity contribution in [3.63, 3.8) is 0 Å². The number of halogens is 3. The summed E-state index contributed by atoms with van der Waals surface area (Å²) in [5.74, 6) is -0.482. The van der Waals surface area contributed by atoms with Gasteiger partial charge in [-0.05, 0) is 48.0 Å². The number of hydrogen-bond acceptors (Lipinski definition) is 5. The quantitative estimate of drug-likeness (QED) is 0.419. The molecule has 0 aliphatic carbocycles. The van der Waals surface area contributed by atoms with Crippen LogP contribution in [0.3, 0.4) is 0 Å². The second-order valence-electron chi connectivity index (χ2n) is 7.34. The van der Waals surface area contributed by atoms with Crippen molar-refractivity contribution in [2.75, 3.05) is 7.11 Å². The number of pyridine rings is 1. The number of aromatic nitrogens is 2. The molecule has 34 heavy (non-hydrogen) atoms. The van der Waals surface area contributed by atoms with Crippen LogP contribution in [0.1, 0.15) is 21.6 Å². The van der Waals surface area contributed by atoms with Gasteiger partial charge < -0.3 is 15.0 Å². The first kappa shape index (κ1) is 23.3. The number of carbonyl (C=O) groups is 1. The molecule has 176 valence electrons. The number of rotatable bonds is 6. The molecule has 0 saturated carbocycles. The van der Waals surface area contributed by atoms with E-state index in [1.165, 1.54) is 31.4 Å². The van der Waals surface area contributed by atoms with E-state index in [1.807, 2.05) is 0 Å². The van der Waals surface area contributed by atoms with Crippen LogP contribution >= 0.6 is 0 Å². The minimum absolute atomic E-state index is 0.0864. The van der Waals surface area contributed by atoms with Crippen molar-refractivity contribution in [1.29, 1.82) is 0 Å². The fraction of sp³-hybridized carbons (Fsp3) is 0.130. The molecule has 2 aromatic heterocycles. The summed E-state index contributed by atoms with van der Waals surface area (Å²) < 4.78 is 71.1. The second-order valence-corrected chi connectivity index (χ2v) is 9.25. The Morgan fingerprint density at radius 3 is 2.47 bits per heavy atom. The van der Waals surface area contributed by atoms with Crippen LogP contribution in [0.4, 0.5) is 13.2 Å². The Balaban J connectivity index is 1.52. The Kier molecular flexibility index (Phi) is 6.05. The maximum atomic E-state index is 13.5. The third-order valence-electron chi connectivity index (χ3n) is 5.13. The van der Waals surface area contributed by atoms with Crippen molar-refractivity contribution in [2.45, 2.75) is 22.5 Å². The van der Waals surface area contributed by atoms with Crippen molar-refractivity contribution in [3.05, 3.63) is 83.8 Å². The number of ether oxygens (including phenoxy) is 1. The molecule has 0 fully saturated rings.